The van der Waals surface area contributed by atoms with Crippen molar-refractivity contribution in [2.45, 2.75) is 40.2 Å². The van der Waals surface area contributed by atoms with Crippen molar-refractivity contribution in [1.29, 1.82) is 0 Å². The number of hydrogen-bond acceptors (Lipinski definition) is 3. The standard InChI is InChI=1S/C15H23N3O2/c1-4-5-9-17-13(19)15(2,3)14(20)18-11-12-8-6-7-10-16-12/h6-8,10H,4-5,9,11H2,1-3H3,(H,17,19)(H,18,20). The molecule has 0 saturated heterocycles. The van der Waals surface area contributed by atoms with E-state index in [0.717, 1.165) is 18.5 Å². The van der Waals surface area contributed by atoms with Gasteiger partial charge in [0.1, 0.15) is 5.41 Å². The molecule has 0 aliphatic heterocycles. The molecule has 1 aromatic rings. The zero-order valence-electron chi connectivity index (χ0n) is 12.4. The van der Waals surface area contributed by atoms with Gasteiger partial charge < -0.3 is 10.6 Å². The molecule has 20 heavy (non-hydrogen) atoms. The first-order chi connectivity index (χ1) is 9.48. The van der Waals surface area contributed by atoms with Gasteiger partial charge in [0.25, 0.3) is 0 Å². The summed E-state index contributed by atoms with van der Waals surface area (Å²) in [5, 5.41) is 5.54. The highest BCUT2D eigenvalue weighted by Gasteiger charge is 2.35. The van der Waals surface area contributed by atoms with Gasteiger partial charge >= 0.3 is 0 Å². The second kappa shape index (κ2) is 7.62. The zero-order chi connectivity index (χ0) is 15.0. The largest absolute Gasteiger partial charge is 0.355 e. The van der Waals surface area contributed by atoms with E-state index in [1.54, 1.807) is 20.0 Å². The van der Waals surface area contributed by atoms with E-state index in [-0.39, 0.29) is 11.8 Å². The molecule has 0 radical (unpaired) electrons. The monoisotopic (exact) mass is 277 g/mol. The molecule has 2 N–H and O–H groups in total. The summed E-state index contributed by atoms with van der Waals surface area (Å²) < 4.78 is 0. The van der Waals surface area contributed by atoms with Gasteiger partial charge in [-0.1, -0.05) is 19.4 Å². The number of hydrogen-bond donors (Lipinski definition) is 2. The predicted molar refractivity (Wildman–Crippen MR) is 77.8 cm³/mol. The minimum absolute atomic E-state index is 0.246. The number of carbonyl (C=O) groups excluding carboxylic acids is 2. The van der Waals surface area contributed by atoms with Crippen LogP contribution >= 0.6 is 0 Å². The Morgan fingerprint density at radius 2 is 1.90 bits per heavy atom. The van der Waals surface area contributed by atoms with Crippen LogP contribution in [0, 0.1) is 5.41 Å². The van der Waals surface area contributed by atoms with E-state index in [2.05, 4.69) is 22.5 Å². The van der Waals surface area contributed by atoms with Crippen LogP contribution in [0.4, 0.5) is 0 Å². The lowest BCUT2D eigenvalue weighted by Gasteiger charge is -2.22. The molecule has 5 nitrogen and oxygen atoms in total. The lowest BCUT2D eigenvalue weighted by molar-refractivity contribution is -0.141. The molecule has 0 aliphatic rings. The van der Waals surface area contributed by atoms with Crippen molar-refractivity contribution in [3.63, 3.8) is 0 Å². The van der Waals surface area contributed by atoms with Crippen molar-refractivity contribution >= 4 is 11.8 Å². The van der Waals surface area contributed by atoms with Crippen molar-refractivity contribution in [2.75, 3.05) is 6.54 Å². The fraction of sp³-hybridized carbons (Fsp3) is 0.533. The molecule has 5 heteroatoms. The molecular weight excluding hydrogens is 254 g/mol. The van der Waals surface area contributed by atoms with E-state index < -0.39 is 5.41 Å². The second-order valence-corrected chi connectivity index (χ2v) is 5.24. The van der Waals surface area contributed by atoms with Crippen LogP contribution in [0.15, 0.2) is 24.4 Å². The van der Waals surface area contributed by atoms with E-state index in [4.69, 9.17) is 0 Å². The fourth-order valence-corrected chi connectivity index (χ4v) is 1.60. The van der Waals surface area contributed by atoms with Crippen molar-refractivity contribution in [3.8, 4) is 0 Å². The van der Waals surface area contributed by atoms with Crippen molar-refractivity contribution < 1.29 is 9.59 Å². The maximum absolute atomic E-state index is 12.1. The van der Waals surface area contributed by atoms with Gasteiger partial charge in [-0.15, -0.1) is 0 Å². The van der Waals surface area contributed by atoms with Crippen LogP contribution in [-0.2, 0) is 16.1 Å². The maximum atomic E-state index is 12.1. The first-order valence-electron chi connectivity index (χ1n) is 6.95. The molecule has 0 saturated carbocycles. The Morgan fingerprint density at radius 1 is 1.20 bits per heavy atom. The number of aromatic nitrogens is 1. The Labute approximate surface area is 120 Å². The molecule has 0 aromatic carbocycles. The van der Waals surface area contributed by atoms with Crippen LogP contribution in [0.25, 0.3) is 0 Å². The molecule has 0 fully saturated rings. The number of carbonyl (C=O) groups is 2. The zero-order valence-corrected chi connectivity index (χ0v) is 12.4. The van der Waals surface area contributed by atoms with Crippen LogP contribution in [0.5, 0.6) is 0 Å². The molecular formula is C15H23N3O2. The van der Waals surface area contributed by atoms with Crippen molar-refractivity contribution in [1.82, 2.24) is 15.6 Å². The number of nitrogens with one attached hydrogen (secondary N) is 2. The molecule has 1 aromatic heterocycles. The van der Waals surface area contributed by atoms with Gasteiger partial charge in [-0.2, -0.15) is 0 Å². The van der Waals surface area contributed by atoms with Crippen LogP contribution in [0.2, 0.25) is 0 Å². The average molecular weight is 277 g/mol. The molecule has 0 unspecified atom stereocenters. The average Bonchev–Trinajstić information content (AvgIpc) is 2.45. The summed E-state index contributed by atoms with van der Waals surface area (Å²) in [5.41, 5.74) is -0.314. The van der Waals surface area contributed by atoms with Gasteiger partial charge in [0.05, 0.1) is 12.2 Å². The van der Waals surface area contributed by atoms with Crippen LogP contribution in [0.3, 0.4) is 0 Å². The predicted octanol–water partition coefficient (Wildman–Crippen LogP) is 1.64. The molecule has 0 atom stereocenters. The van der Waals surface area contributed by atoms with E-state index in [9.17, 15) is 9.59 Å². The number of nitrogens with zero attached hydrogens (tertiary/aromatic N) is 1. The highest BCUT2D eigenvalue weighted by molar-refractivity contribution is 6.04. The van der Waals surface area contributed by atoms with Gasteiger partial charge in [-0.3, -0.25) is 14.6 Å². The molecule has 0 aliphatic carbocycles. The summed E-state index contributed by atoms with van der Waals surface area (Å²) in [6.45, 7) is 6.23. The summed E-state index contributed by atoms with van der Waals surface area (Å²) in [7, 11) is 0. The number of pyridine rings is 1. The lowest BCUT2D eigenvalue weighted by Crippen LogP contribution is -2.47. The Hall–Kier alpha value is -1.91. The number of rotatable bonds is 7. The highest BCUT2D eigenvalue weighted by Crippen LogP contribution is 2.15. The Kier molecular flexibility index (Phi) is 6.15. The third-order valence-electron chi connectivity index (χ3n) is 3.11. The Balaban J connectivity index is 2.49. The maximum Gasteiger partial charge on any atom is 0.235 e. The minimum atomic E-state index is -1.08. The van der Waals surface area contributed by atoms with E-state index >= 15 is 0 Å². The first kappa shape index (κ1) is 16.1. The fourth-order valence-electron chi connectivity index (χ4n) is 1.60. The third kappa shape index (κ3) is 4.64. The molecule has 1 rings (SSSR count). The normalized spacial score (nSPS) is 10.9. The molecule has 2 amide bonds. The van der Waals surface area contributed by atoms with Crippen LogP contribution < -0.4 is 10.6 Å². The van der Waals surface area contributed by atoms with Crippen LogP contribution in [-0.4, -0.2) is 23.3 Å². The summed E-state index contributed by atoms with van der Waals surface area (Å²) in [6, 6.07) is 5.50. The lowest BCUT2D eigenvalue weighted by atomic mass is 9.91. The quantitative estimate of drug-likeness (QED) is 0.588. The summed E-state index contributed by atoms with van der Waals surface area (Å²) in [5.74, 6) is -0.540. The minimum Gasteiger partial charge on any atom is -0.355 e. The Morgan fingerprint density at radius 3 is 2.50 bits per heavy atom. The smallest absolute Gasteiger partial charge is 0.235 e. The topological polar surface area (TPSA) is 71.1 Å². The summed E-state index contributed by atoms with van der Waals surface area (Å²) in [4.78, 5) is 28.2. The third-order valence-corrected chi connectivity index (χ3v) is 3.11. The molecule has 110 valence electrons. The van der Waals surface area contributed by atoms with Gasteiger partial charge in [0, 0.05) is 12.7 Å². The van der Waals surface area contributed by atoms with E-state index in [1.807, 2.05) is 18.2 Å². The van der Waals surface area contributed by atoms with Crippen molar-refractivity contribution in [3.05, 3.63) is 30.1 Å². The van der Waals surface area contributed by atoms with Gasteiger partial charge in [-0.25, -0.2) is 0 Å². The number of amides is 2. The second-order valence-electron chi connectivity index (χ2n) is 5.24. The van der Waals surface area contributed by atoms with Gasteiger partial charge in [0.2, 0.25) is 11.8 Å². The van der Waals surface area contributed by atoms with E-state index in [0.29, 0.717) is 13.1 Å². The highest BCUT2D eigenvalue weighted by atomic mass is 16.2. The van der Waals surface area contributed by atoms with Gasteiger partial charge in [0.15, 0.2) is 0 Å². The molecule has 0 bridgehead atoms. The molecule has 0 spiro atoms. The van der Waals surface area contributed by atoms with E-state index in [1.165, 1.54) is 0 Å². The summed E-state index contributed by atoms with van der Waals surface area (Å²) in [6.07, 6.45) is 3.59. The number of unbranched alkanes of at least 4 members (excludes halogenated alkanes) is 1. The molecule has 1 heterocycles. The Bertz CT molecular complexity index is 444. The summed E-state index contributed by atoms with van der Waals surface area (Å²) >= 11 is 0. The first-order valence-corrected chi connectivity index (χ1v) is 6.95. The van der Waals surface area contributed by atoms with Crippen LogP contribution in [0.1, 0.15) is 39.3 Å². The van der Waals surface area contributed by atoms with Gasteiger partial charge in [-0.05, 0) is 32.4 Å². The SMILES string of the molecule is CCCCNC(=O)C(C)(C)C(=O)NCc1ccccn1. The van der Waals surface area contributed by atoms with Crippen molar-refractivity contribution in [2.24, 2.45) is 5.41 Å².